The summed E-state index contributed by atoms with van der Waals surface area (Å²) in [5, 5.41) is 8.30. The maximum Gasteiger partial charge on any atom is 0.307 e. The summed E-state index contributed by atoms with van der Waals surface area (Å²) in [4.78, 5) is 10.2. The van der Waals surface area contributed by atoms with Crippen molar-refractivity contribution in [1.29, 1.82) is 0 Å². The number of ether oxygens (including phenoxy) is 1. The summed E-state index contributed by atoms with van der Waals surface area (Å²) in [5.74, 6) is -0.0848. The van der Waals surface area contributed by atoms with Gasteiger partial charge in [0, 0.05) is 13.3 Å². The molecule has 9 heavy (non-hydrogen) atoms. The van der Waals surface area contributed by atoms with Crippen LogP contribution in [-0.2, 0) is 9.53 Å². The minimum atomic E-state index is -0.395. The zero-order valence-corrected chi connectivity index (χ0v) is 5.39. The highest BCUT2D eigenvalue weighted by atomic mass is 16.5. The third-order valence-corrected chi connectivity index (χ3v) is 0.679. The average Bonchev–Trinajstić information content (AvgIpc) is 1.63. The van der Waals surface area contributed by atoms with Crippen LogP contribution in [0.4, 0.5) is 0 Å². The number of carbonyl (C=O) groups excluding carboxylic acids is 1. The number of rotatable bonds is 3. The number of hydrogen-bond acceptors (Lipinski definition) is 3. The van der Waals surface area contributed by atoms with E-state index in [1.165, 1.54) is 6.92 Å². The van der Waals surface area contributed by atoms with E-state index in [9.17, 15) is 4.79 Å². The summed E-state index contributed by atoms with van der Waals surface area (Å²) < 4.78 is 4.50. The molecule has 0 bridgehead atoms. The lowest BCUT2D eigenvalue weighted by Crippen LogP contribution is -1.98. The van der Waals surface area contributed by atoms with Crippen molar-refractivity contribution in [2.24, 2.45) is 0 Å². The van der Waals surface area contributed by atoms with Crippen molar-refractivity contribution in [3.8, 4) is 0 Å². The highest BCUT2D eigenvalue weighted by Crippen LogP contribution is 1.97. The van der Waals surface area contributed by atoms with Crippen molar-refractivity contribution in [3.05, 3.63) is 12.3 Å². The Kier molecular flexibility index (Phi) is 3.71. The van der Waals surface area contributed by atoms with Crippen LogP contribution in [0.1, 0.15) is 13.3 Å². The minimum absolute atomic E-state index is 0.0356. The molecule has 0 fully saturated rings. The molecule has 0 radical (unpaired) electrons. The van der Waals surface area contributed by atoms with Gasteiger partial charge in [-0.05, 0) is 0 Å². The zero-order chi connectivity index (χ0) is 7.28. The predicted molar refractivity (Wildman–Crippen MR) is 32.6 cm³/mol. The van der Waals surface area contributed by atoms with Crippen LogP contribution in [0.3, 0.4) is 0 Å². The minimum Gasteiger partial charge on any atom is -0.432 e. The SMILES string of the molecule is C=C(CCO)OC(C)=O. The van der Waals surface area contributed by atoms with Crippen molar-refractivity contribution in [1.82, 2.24) is 0 Å². The summed E-state index contributed by atoms with van der Waals surface area (Å²) in [6.45, 7) is 4.64. The Morgan fingerprint density at radius 2 is 2.33 bits per heavy atom. The van der Waals surface area contributed by atoms with E-state index in [0.29, 0.717) is 12.2 Å². The average molecular weight is 130 g/mol. The molecule has 0 saturated heterocycles. The van der Waals surface area contributed by atoms with Crippen LogP contribution >= 0.6 is 0 Å². The molecule has 0 atom stereocenters. The van der Waals surface area contributed by atoms with Crippen molar-refractivity contribution < 1.29 is 14.6 Å². The van der Waals surface area contributed by atoms with E-state index < -0.39 is 5.97 Å². The summed E-state index contributed by atoms with van der Waals surface area (Å²) in [7, 11) is 0. The topological polar surface area (TPSA) is 46.5 Å². The van der Waals surface area contributed by atoms with Gasteiger partial charge in [-0.3, -0.25) is 4.79 Å². The zero-order valence-electron chi connectivity index (χ0n) is 5.39. The summed E-state index contributed by atoms with van der Waals surface area (Å²) in [6.07, 6.45) is 0.319. The van der Waals surface area contributed by atoms with Crippen LogP contribution in [0, 0.1) is 0 Å². The highest BCUT2D eigenvalue weighted by molar-refractivity contribution is 5.67. The smallest absolute Gasteiger partial charge is 0.307 e. The van der Waals surface area contributed by atoms with Gasteiger partial charge < -0.3 is 9.84 Å². The monoisotopic (exact) mass is 130 g/mol. The fourth-order valence-electron chi connectivity index (χ4n) is 0.379. The Morgan fingerprint density at radius 1 is 1.78 bits per heavy atom. The Morgan fingerprint density at radius 3 is 2.67 bits per heavy atom. The first kappa shape index (κ1) is 8.17. The molecule has 1 N–H and O–H groups in total. The fourth-order valence-corrected chi connectivity index (χ4v) is 0.379. The van der Waals surface area contributed by atoms with Gasteiger partial charge in [-0.2, -0.15) is 0 Å². The molecule has 0 aliphatic rings. The van der Waals surface area contributed by atoms with E-state index in [-0.39, 0.29) is 6.61 Å². The first-order chi connectivity index (χ1) is 4.16. The van der Waals surface area contributed by atoms with Crippen LogP contribution < -0.4 is 0 Å². The second-order valence-electron chi connectivity index (χ2n) is 1.61. The Hall–Kier alpha value is -0.830. The molecule has 0 amide bonds. The summed E-state index contributed by atoms with van der Waals surface area (Å²) >= 11 is 0. The fraction of sp³-hybridized carbons (Fsp3) is 0.500. The maximum atomic E-state index is 10.2. The van der Waals surface area contributed by atoms with Crippen LogP contribution in [0.15, 0.2) is 12.3 Å². The third-order valence-electron chi connectivity index (χ3n) is 0.679. The van der Waals surface area contributed by atoms with Gasteiger partial charge in [0.25, 0.3) is 0 Å². The van der Waals surface area contributed by atoms with E-state index in [2.05, 4.69) is 11.3 Å². The van der Waals surface area contributed by atoms with Gasteiger partial charge >= 0.3 is 5.97 Å². The number of esters is 1. The van der Waals surface area contributed by atoms with Crippen LogP contribution in [0.5, 0.6) is 0 Å². The lowest BCUT2D eigenvalue weighted by molar-refractivity contribution is -0.137. The summed E-state index contributed by atoms with van der Waals surface area (Å²) in [6, 6.07) is 0. The second-order valence-corrected chi connectivity index (χ2v) is 1.61. The molecular formula is C6H10O3. The molecule has 3 nitrogen and oxygen atoms in total. The number of hydrogen-bond donors (Lipinski definition) is 1. The van der Waals surface area contributed by atoms with Gasteiger partial charge in [-0.25, -0.2) is 0 Å². The maximum absolute atomic E-state index is 10.2. The van der Waals surface area contributed by atoms with Gasteiger partial charge in [0.1, 0.15) is 5.76 Å². The molecule has 0 aliphatic carbocycles. The molecule has 0 heterocycles. The van der Waals surface area contributed by atoms with Crippen molar-refractivity contribution in [3.63, 3.8) is 0 Å². The molecule has 0 aliphatic heterocycles. The van der Waals surface area contributed by atoms with E-state index in [1.807, 2.05) is 0 Å². The molecule has 0 aromatic carbocycles. The molecule has 0 rings (SSSR count). The Bertz CT molecular complexity index is 117. The van der Waals surface area contributed by atoms with E-state index in [4.69, 9.17) is 5.11 Å². The van der Waals surface area contributed by atoms with E-state index >= 15 is 0 Å². The van der Waals surface area contributed by atoms with Gasteiger partial charge in [0.05, 0.1) is 6.61 Å². The standard InChI is InChI=1S/C6H10O3/c1-5(3-4-7)9-6(2)8/h7H,1,3-4H2,2H3. The highest BCUT2D eigenvalue weighted by Gasteiger charge is 1.95. The lowest BCUT2D eigenvalue weighted by Gasteiger charge is -2.00. The molecule has 0 aromatic rings. The van der Waals surface area contributed by atoms with E-state index in [1.54, 1.807) is 0 Å². The largest absolute Gasteiger partial charge is 0.432 e. The van der Waals surface area contributed by atoms with Gasteiger partial charge in [-0.15, -0.1) is 0 Å². The molecular weight excluding hydrogens is 120 g/mol. The third kappa shape index (κ3) is 5.03. The molecule has 52 valence electrons. The van der Waals surface area contributed by atoms with Crippen LogP contribution in [-0.4, -0.2) is 17.7 Å². The van der Waals surface area contributed by atoms with Crippen molar-refractivity contribution in [2.75, 3.05) is 6.61 Å². The normalized spacial score (nSPS) is 8.67. The number of aliphatic hydroxyl groups excluding tert-OH is 1. The Labute approximate surface area is 53.9 Å². The predicted octanol–water partition coefficient (Wildman–Crippen LogP) is 0.446. The molecule has 0 unspecified atom stereocenters. The second kappa shape index (κ2) is 4.09. The summed E-state index contributed by atoms with van der Waals surface area (Å²) in [5.41, 5.74) is 0. The molecule has 3 heteroatoms. The van der Waals surface area contributed by atoms with Crippen LogP contribution in [0.25, 0.3) is 0 Å². The van der Waals surface area contributed by atoms with Crippen LogP contribution in [0.2, 0.25) is 0 Å². The quantitative estimate of drug-likeness (QED) is 0.445. The first-order valence-corrected chi connectivity index (χ1v) is 2.64. The molecule has 0 aromatic heterocycles. The van der Waals surface area contributed by atoms with Gasteiger partial charge in [0.15, 0.2) is 0 Å². The number of carbonyl (C=O) groups is 1. The van der Waals surface area contributed by atoms with Gasteiger partial charge in [0.2, 0.25) is 0 Å². The molecule has 0 saturated carbocycles. The number of aliphatic hydroxyl groups is 1. The Balaban J connectivity index is 3.39. The van der Waals surface area contributed by atoms with Crippen molar-refractivity contribution in [2.45, 2.75) is 13.3 Å². The van der Waals surface area contributed by atoms with Crippen molar-refractivity contribution >= 4 is 5.97 Å². The first-order valence-electron chi connectivity index (χ1n) is 2.64. The van der Waals surface area contributed by atoms with E-state index in [0.717, 1.165) is 0 Å². The lowest BCUT2D eigenvalue weighted by atomic mass is 10.4. The molecule has 0 spiro atoms. The van der Waals surface area contributed by atoms with Gasteiger partial charge in [-0.1, -0.05) is 6.58 Å².